The predicted molar refractivity (Wildman–Crippen MR) is 273 cm³/mol. The van der Waals surface area contributed by atoms with Gasteiger partial charge >= 0.3 is 23.9 Å². The first-order valence-electron chi connectivity index (χ1n) is 24.6. The van der Waals surface area contributed by atoms with Crippen LogP contribution in [-0.4, -0.2) is 186 Å². The molecule has 0 aliphatic carbocycles. The van der Waals surface area contributed by atoms with Crippen LogP contribution in [0.2, 0.25) is 0 Å². The van der Waals surface area contributed by atoms with E-state index in [-0.39, 0.29) is 38.2 Å². The molecule has 31 nitrogen and oxygen atoms in total. The first-order chi connectivity index (χ1) is 36.6. The summed E-state index contributed by atoms with van der Waals surface area (Å²) in [6, 6.07) is -6.56. The molecule has 0 saturated carbocycles. The minimum absolute atomic E-state index is 0.0202. The number of nitrogens with one attached hydrogen (secondary N) is 9. The van der Waals surface area contributed by atoms with Crippen molar-refractivity contribution in [1.29, 1.82) is 0 Å². The maximum atomic E-state index is 14.5. The van der Waals surface area contributed by atoms with Gasteiger partial charge in [-0.1, -0.05) is 38.5 Å². The Morgan fingerprint density at radius 1 is 0.603 bits per heavy atom. The quantitative estimate of drug-likeness (QED) is 0.0174. The van der Waals surface area contributed by atoms with Crippen molar-refractivity contribution in [3.63, 3.8) is 0 Å². The van der Waals surface area contributed by atoms with Crippen LogP contribution in [0.15, 0.2) is 35.5 Å². The topological polar surface area (TPSA) is 529 Å². The molecule has 1 aromatic carbocycles. The number of nitrogens with zero attached hydrogens (tertiary/aromatic N) is 1. The van der Waals surface area contributed by atoms with Gasteiger partial charge in [0, 0.05) is 42.9 Å². The predicted octanol–water partition coefficient (Wildman–Crippen LogP) is -5.30. The lowest BCUT2D eigenvalue weighted by Crippen LogP contribution is -2.61. The number of carbonyl (C=O) groups excluding carboxylic acids is 8. The molecule has 1 heterocycles. The molecule has 0 fully saturated rings. The van der Waals surface area contributed by atoms with E-state index in [1.54, 1.807) is 31.2 Å². The Hall–Kier alpha value is -8.45. The van der Waals surface area contributed by atoms with E-state index >= 15 is 0 Å². The average Bonchev–Trinajstić information content (AvgIpc) is 3.78. The van der Waals surface area contributed by atoms with Crippen LogP contribution >= 0.6 is 0 Å². The fraction of sp³-hybridized carbons (Fsp3) is 0.553. The number of carboxylic acids is 4. The fourth-order valence-corrected chi connectivity index (χ4v) is 7.39. The zero-order chi connectivity index (χ0) is 59.0. The highest BCUT2D eigenvalue weighted by molar-refractivity contribution is 5.99. The molecule has 21 N–H and O–H groups in total. The number of aliphatic carboxylic acids is 4. The molecule has 11 atom stereocenters. The van der Waals surface area contributed by atoms with Gasteiger partial charge in [0.05, 0.1) is 25.2 Å². The number of hydrogen-bond acceptors (Lipinski definition) is 16. The minimum atomic E-state index is -1.92. The van der Waals surface area contributed by atoms with Gasteiger partial charge in [0.25, 0.3) is 0 Å². The number of para-hydroxylation sites is 1. The second kappa shape index (κ2) is 32.2. The van der Waals surface area contributed by atoms with Crippen molar-refractivity contribution in [2.75, 3.05) is 13.1 Å². The van der Waals surface area contributed by atoms with Gasteiger partial charge in [0.15, 0.2) is 12.0 Å². The van der Waals surface area contributed by atoms with Crippen molar-refractivity contribution >= 4 is 88.0 Å². The van der Waals surface area contributed by atoms with Crippen LogP contribution in [0.25, 0.3) is 10.9 Å². The number of hydrogen-bond donors (Lipinski definition) is 18. The summed E-state index contributed by atoms with van der Waals surface area (Å²) in [6.45, 7) is 4.47. The number of carboxylic acid groups (broad SMARTS) is 4. The Morgan fingerprint density at radius 3 is 1.67 bits per heavy atom. The number of amides is 8. The van der Waals surface area contributed by atoms with Crippen LogP contribution in [0, 0.1) is 5.92 Å². The van der Waals surface area contributed by atoms with Gasteiger partial charge < -0.3 is 95.4 Å². The third-order valence-electron chi connectivity index (χ3n) is 12.0. The summed E-state index contributed by atoms with van der Waals surface area (Å²) in [5.74, 6) is -15.9. The van der Waals surface area contributed by atoms with Gasteiger partial charge in [0.2, 0.25) is 47.3 Å². The maximum Gasteiger partial charge on any atom is 0.328 e. The summed E-state index contributed by atoms with van der Waals surface area (Å²) in [4.78, 5) is 163. The van der Waals surface area contributed by atoms with E-state index < -0.39 is 176 Å². The van der Waals surface area contributed by atoms with Crippen LogP contribution in [0.5, 0.6) is 0 Å². The molecule has 432 valence electrons. The molecule has 2 aromatic rings. The zero-order valence-electron chi connectivity index (χ0n) is 43.3. The fourth-order valence-electron chi connectivity index (χ4n) is 7.39. The largest absolute Gasteiger partial charge is 0.481 e. The standard InChI is InChI=1S/C47H71N13O18/c1-5-21(2)37(45(76)56-28(12-14-33(64)65)39(70)53-20-32(63)54-29(13-15-34(66)67)41(72)60-38(23(4)62)46(77)78)59-43(74)30(17-24-19-52-26-10-7-6-9-25(24)26)57-42(73)31(18-35(68)69)58-40(71)27(11-8-16-51-47(49)50)55-44(75)36(48)22(3)61/h6-7,9-10,19,21-23,27-31,36-38,52,61-62H,5,8,11-18,20,48H2,1-4H3,(H,53,70)(H,54,63)(H,55,75)(H,56,76)(H,57,73)(H,58,71)(H,59,74)(H,60,72)(H,64,65)(H,66,67)(H,68,69)(H,77,78)(H4,49,50,51)/t21-,22+,23+,27-,28-,29-,30-,31-,36-,37-,38-/m0/s1. The van der Waals surface area contributed by atoms with Gasteiger partial charge in [-0.25, -0.2) is 4.79 Å². The Bertz CT molecular complexity index is 2500. The molecule has 2 rings (SSSR count). The SMILES string of the molecule is CC[C@H](C)[C@H](NC(=O)[C@H](Cc1c[nH]c2ccccc12)NC(=O)[C@H](CC(=O)O)NC(=O)[C@H](CCCN=C(N)N)NC(=O)[C@@H](N)[C@@H](C)O)C(=O)N[C@@H](CCC(=O)O)C(=O)NCC(=O)N[C@@H](CCC(=O)O)C(=O)N[C@H](C(=O)O)[C@@H](C)O. The van der Waals surface area contributed by atoms with E-state index in [2.05, 4.69) is 47.2 Å². The normalized spacial score (nSPS) is 15.3. The number of aliphatic hydroxyl groups is 2. The number of nitrogens with two attached hydrogens (primary N) is 3. The highest BCUT2D eigenvalue weighted by Gasteiger charge is 2.37. The van der Waals surface area contributed by atoms with E-state index in [1.165, 1.54) is 20.0 Å². The Balaban J connectivity index is 2.49. The summed E-state index contributed by atoms with van der Waals surface area (Å²) in [6.07, 6.45) is -5.30. The molecule has 0 bridgehead atoms. The van der Waals surface area contributed by atoms with Gasteiger partial charge in [-0.15, -0.1) is 0 Å². The second-order valence-electron chi connectivity index (χ2n) is 18.3. The Morgan fingerprint density at radius 2 is 1.12 bits per heavy atom. The number of aliphatic hydroxyl groups excluding tert-OH is 2. The minimum Gasteiger partial charge on any atom is -0.481 e. The molecule has 0 unspecified atom stereocenters. The number of guanidine groups is 1. The lowest BCUT2D eigenvalue weighted by Gasteiger charge is -2.29. The number of fused-ring (bicyclic) bond motifs is 1. The van der Waals surface area contributed by atoms with Gasteiger partial charge in [-0.2, -0.15) is 0 Å². The molecule has 0 saturated heterocycles. The van der Waals surface area contributed by atoms with Crippen LogP contribution in [0.1, 0.15) is 84.6 Å². The van der Waals surface area contributed by atoms with Crippen LogP contribution < -0.4 is 59.7 Å². The van der Waals surface area contributed by atoms with E-state index in [1.807, 2.05) is 5.32 Å². The Kier molecular flexibility index (Phi) is 27.1. The third kappa shape index (κ3) is 22.4. The van der Waals surface area contributed by atoms with E-state index in [0.29, 0.717) is 16.5 Å². The smallest absolute Gasteiger partial charge is 0.328 e. The summed E-state index contributed by atoms with van der Waals surface area (Å²) >= 11 is 0. The van der Waals surface area contributed by atoms with E-state index in [4.69, 9.17) is 17.2 Å². The van der Waals surface area contributed by atoms with Crippen molar-refractivity contribution in [3.8, 4) is 0 Å². The van der Waals surface area contributed by atoms with Crippen molar-refractivity contribution in [3.05, 3.63) is 36.0 Å². The Labute approximate surface area is 446 Å². The average molecular weight is 1110 g/mol. The van der Waals surface area contributed by atoms with Crippen molar-refractivity contribution in [2.45, 2.75) is 146 Å². The van der Waals surface area contributed by atoms with Gasteiger partial charge in [0.1, 0.15) is 42.3 Å². The molecule has 0 aliphatic heterocycles. The summed E-state index contributed by atoms with van der Waals surface area (Å²) in [7, 11) is 0. The zero-order valence-corrected chi connectivity index (χ0v) is 43.3. The molecule has 0 radical (unpaired) electrons. The highest BCUT2D eigenvalue weighted by atomic mass is 16.4. The van der Waals surface area contributed by atoms with Crippen LogP contribution in [-0.2, 0) is 64.0 Å². The molecular formula is C47H71N13O18. The third-order valence-corrected chi connectivity index (χ3v) is 12.0. The number of rotatable bonds is 35. The number of benzene rings is 1. The highest BCUT2D eigenvalue weighted by Crippen LogP contribution is 2.20. The monoisotopic (exact) mass is 1110 g/mol. The molecule has 0 aliphatic rings. The van der Waals surface area contributed by atoms with Crippen LogP contribution in [0.4, 0.5) is 0 Å². The van der Waals surface area contributed by atoms with Crippen molar-refractivity contribution < 1.29 is 88.2 Å². The number of aromatic amines is 1. The summed E-state index contributed by atoms with van der Waals surface area (Å²) in [5.41, 5.74) is 17.6. The van der Waals surface area contributed by atoms with E-state index in [0.717, 1.165) is 6.92 Å². The molecular weight excluding hydrogens is 1030 g/mol. The van der Waals surface area contributed by atoms with Crippen molar-refractivity contribution in [2.24, 2.45) is 28.1 Å². The molecule has 31 heteroatoms. The number of carbonyl (C=O) groups is 12. The molecule has 8 amide bonds. The number of aliphatic imine (C=N–C) groups is 1. The molecule has 78 heavy (non-hydrogen) atoms. The lowest BCUT2D eigenvalue weighted by atomic mass is 9.96. The maximum absolute atomic E-state index is 14.5. The van der Waals surface area contributed by atoms with E-state index in [9.17, 15) is 88.2 Å². The second-order valence-corrected chi connectivity index (χ2v) is 18.3. The molecule has 0 spiro atoms. The van der Waals surface area contributed by atoms with Gasteiger partial charge in [-0.3, -0.25) is 57.7 Å². The molecule has 1 aromatic heterocycles. The lowest BCUT2D eigenvalue weighted by molar-refractivity contribution is -0.145. The number of aromatic nitrogens is 1. The summed E-state index contributed by atoms with van der Waals surface area (Å²) < 4.78 is 0. The van der Waals surface area contributed by atoms with Gasteiger partial charge in [-0.05, 0) is 57.1 Å². The van der Waals surface area contributed by atoms with Crippen molar-refractivity contribution in [1.82, 2.24) is 47.5 Å². The number of H-pyrrole nitrogens is 1. The van der Waals surface area contributed by atoms with Crippen LogP contribution in [0.3, 0.4) is 0 Å². The summed E-state index contributed by atoms with van der Waals surface area (Å²) in [5, 5.41) is 76.5. The first-order valence-corrected chi connectivity index (χ1v) is 24.6. The first kappa shape index (κ1) is 65.7.